The van der Waals surface area contributed by atoms with Crippen molar-refractivity contribution in [1.82, 2.24) is 20.1 Å². The summed E-state index contributed by atoms with van der Waals surface area (Å²) in [6.07, 6.45) is 2.18. The Kier molecular flexibility index (Phi) is 6.59. The van der Waals surface area contributed by atoms with Crippen molar-refractivity contribution >= 4 is 35.1 Å². The van der Waals surface area contributed by atoms with E-state index < -0.39 is 0 Å². The predicted molar refractivity (Wildman–Crippen MR) is 94.1 cm³/mol. The standard InChI is InChI=1S/C15H23Cl2N5O/c1-3-18-15(20-10-13(23)22-6-4-5-7-22)19-9-11-8-12(16)14(17)21(11)2/h8H,3-7,9-10H2,1-2H3,(H2,18,19,20). The fourth-order valence-corrected chi connectivity index (χ4v) is 2.90. The van der Waals surface area contributed by atoms with Crippen LogP contribution in [-0.2, 0) is 18.4 Å². The molecule has 1 aromatic rings. The molecule has 1 amide bonds. The Balaban J connectivity index is 1.93. The molecule has 1 aromatic heterocycles. The second kappa shape index (κ2) is 8.45. The maximum Gasteiger partial charge on any atom is 0.241 e. The second-order valence-electron chi connectivity index (χ2n) is 5.47. The molecule has 2 rings (SSSR count). The predicted octanol–water partition coefficient (Wildman–Crippen LogP) is 2.01. The number of likely N-dealkylation sites (tertiary alicyclic amines) is 1. The van der Waals surface area contributed by atoms with Gasteiger partial charge in [-0.1, -0.05) is 23.2 Å². The lowest BCUT2D eigenvalue weighted by molar-refractivity contribution is -0.128. The minimum atomic E-state index is 0.109. The number of hydrogen-bond donors (Lipinski definition) is 2. The van der Waals surface area contributed by atoms with Gasteiger partial charge in [0.15, 0.2) is 5.96 Å². The van der Waals surface area contributed by atoms with Crippen LogP contribution >= 0.6 is 23.2 Å². The Hall–Kier alpha value is -1.40. The van der Waals surface area contributed by atoms with Crippen molar-refractivity contribution in [2.24, 2.45) is 12.0 Å². The Morgan fingerprint density at radius 2 is 2.00 bits per heavy atom. The second-order valence-corrected chi connectivity index (χ2v) is 6.24. The van der Waals surface area contributed by atoms with Crippen LogP contribution in [0.5, 0.6) is 0 Å². The maximum atomic E-state index is 12.1. The van der Waals surface area contributed by atoms with Gasteiger partial charge in [0, 0.05) is 32.4 Å². The molecular weight excluding hydrogens is 337 g/mol. The summed E-state index contributed by atoms with van der Waals surface area (Å²) in [5.41, 5.74) is 0.906. The van der Waals surface area contributed by atoms with Gasteiger partial charge < -0.3 is 20.1 Å². The average Bonchev–Trinajstić information content (AvgIpc) is 3.15. The molecule has 1 fully saturated rings. The number of amides is 1. The number of nitrogens with one attached hydrogen (secondary N) is 2. The topological polar surface area (TPSA) is 61.7 Å². The fourth-order valence-electron chi connectivity index (χ4n) is 2.48. The Morgan fingerprint density at radius 3 is 2.57 bits per heavy atom. The molecule has 1 saturated heterocycles. The minimum absolute atomic E-state index is 0.109. The van der Waals surface area contributed by atoms with E-state index in [0.29, 0.717) is 22.7 Å². The summed E-state index contributed by atoms with van der Waals surface area (Å²) in [7, 11) is 1.84. The van der Waals surface area contributed by atoms with Gasteiger partial charge in [0.1, 0.15) is 5.15 Å². The molecule has 0 bridgehead atoms. The summed E-state index contributed by atoms with van der Waals surface area (Å²) in [6.45, 7) is 5.09. The molecule has 128 valence electrons. The van der Waals surface area contributed by atoms with Crippen LogP contribution in [0.25, 0.3) is 0 Å². The first-order valence-corrected chi connectivity index (χ1v) is 8.58. The summed E-state index contributed by atoms with van der Waals surface area (Å²) in [4.78, 5) is 18.4. The molecule has 1 aliphatic rings. The van der Waals surface area contributed by atoms with Crippen molar-refractivity contribution in [1.29, 1.82) is 0 Å². The summed E-state index contributed by atoms with van der Waals surface area (Å²) in [5, 5.41) is 7.23. The first-order chi connectivity index (χ1) is 11.0. The number of nitrogens with zero attached hydrogens (tertiary/aromatic N) is 3. The smallest absolute Gasteiger partial charge is 0.241 e. The highest BCUT2D eigenvalue weighted by Gasteiger charge is 2.17. The van der Waals surface area contributed by atoms with Crippen LogP contribution < -0.4 is 10.6 Å². The van der Waals surface area contributed by atoms with Crippen molar-refractivity contribution in [2.45, 2.75) is 26.3 Å². The highest BCUT2D eigenvalue weighted by atomic mass is 35.5. The third-order valence-electron chi connectivity index (χ3n) is 3.82. The Bertz CT molecular complexity index is 579. The van der Waals surface area contributed by atoms with E-state index in [9.17, 15) is 4.79 Å². The quantitative estimate of drug-likeness (QED) is 0.624. The normalized spacial score (nSPS) is 15.1. The first-order valence-electron chi connectivity index (χ1n) is 7.82. The average molecular weight is 360 g/mol. The molecule has 0 unspecified atom stereocenters. The third-order valence-corrected chi connectivity index (χ3v) is 4.67. The number of carbonyl (C=O) groups is 1. The van der Waals surface area contributed by atoms with E-state index in [1.165, 1.54) is 0 Å². The molecule has 0 atom stereocenters. The van der Waals surface area contributed by atoms with Crippen LogP contribution in [0.2, 0.25) is 10.2 Å². The van der Waals surface area contributed by atoms with E-state index in [1.807, 2.05) is 18.9 Å². The summed E-state index contributed by atoms with van der Waals surface area (Å²) in [6, 6.07) is 1.80. The van der Waals surface area contributed by atoms with Gasteiger partial charge in [0.25, 0.3) is 0 Å². The van der Waals surface area contributed by atoms with E-state index >= 15 is 0 Å². The minimum Gasteiger partial charge on any atom is -0.357 e. The van der Waals surface area contributed by atoms with Gasteiger partial charge in [-0.25, -0.2) is 4.99 Å². The molecule has 0 radical (unpaired) electrons. The maximum absolute atomic E-state index is 12.1. The molecule has 0 aliphatic carbocycles. The van der Waals surface area contributed by atoms with Crippen LogP contribution in [0.15, 0.2) is 11.1 Å². The summed E-state index contributed by atoms with van der Waals surface area (Å²) >= 11 is 12.1. The molecule has 6 nitrogen and oxygen atoms in total. The largest absolute Gasteiger partial charge is 0.357 e. The molecular formula is C15H23Cl2N5O. The van der Waals surface area contributed by atoms with Gasteiger partial charge in [0.05, 0.1) is 18.1 Å². The third kappa shape index (κ3) is 4.78. The van der Waals surface area contributed by atoms with E-state index in [1.54, 1.807) is 10.6 Å². The van der Waals surface area contributed by atoms with Crippen LogP contribution in [0.4, 0.5) is 0 Å². The highest BCUT2D eigenvalue weighted by molar-refractivity contribution is 6.41. The Labute approximate surface area is 146 Å². The lowest BCUT2D eigenvalue weighted by Gasteiger charge is -2.17. The number of hydrogen-bond acceptors (Lipinski definition) is 2. The number of halogens is 2. The number of rotatable bonds is 5. The van der Waals surface area contributed by atoms with Crippen molar-refractivity contribution in [2.75, 3.05) is 26.2 Å². The monoisotopic (exact) mass is 359 g/mol. The number of aromatic nitrogens is 1. The van der Waals surface area contributed by atoms with Crippen molar-refractivity contribution in [3.05, 3.63) is 21.9 Å². The lowest BCUT2D eigenvalue weighted by atomic mass is 10.4. The summed E-state index contributed by atoms with van der Waals surface area (Å²) < 4.78 is 1.80. The molecule has 1 aliphatic heterocycles. The molecule has 0 aromatic carbocycles. The number of carbonyl (C=O) groups excluding carboxylic acids is 1. The molecule has 0 spiro atoms. The van der Waals surface area contributed by atoms with Gasteiger partial charge >= 0.3 is 0 Å². The van der Waals surface area contributed by atoms with E-state index in [4.69, 9.17) is 23.2 Å². The molecule has 8 heteroatoms. The van der Waals surface area contributed by atoms with E-state index in [0.717, 1.165) is 38.2 Å². The van der Waals surface area contributed by atoms with Gasteiger partial charge in [-0.05, 0) is 25.8 Å². The molecule has 2 N–H and O–H groups in total. The van der Waals surface area contributed by atoms with Crippen LogP contribution in [0, 0.1) is 0 Å². The van der Waals surface area contributed by atoms with Gasteiger partial charge in [-0.2, -0.15) is 0 Å². The number of guanidine groups is 1. The molecule has 2 heterocycles. The van der Waals surface area contributed by atoms with Gasteiger partial charge in [-0.3, -0.25) is 4.79 Å². The zero-order valence-corrected chi connectivity index (χ0v) is 15.0. The lowest BCUT2D eigenvalue weighted by Crippen LogP contribution is -2.44. The van der Waals surface area contributed by atoms with Crippen LogP contribution in [0.1, 0.15) is 25.5 Å². The number of aliphatic imine (C=N–C) groups is 1. The van der Waals surface area contributed by atoms with Gasteiger partial charge in [0.2, 0.25) is 5.91 Å². The zero-order chi connectivity index (χ0) is 16.8. The highest BCUT2D eigenvalue weighted by Crippen LogP contribution is 2.25. The van der Waals surface area contributed by atoms with Crippen molar-refractivity contribution < 1.29 is 4.79 Å². The molecule has 23 heavy (non-hydrogen) atoms. The van der Waals surface area contributed by atoms with Crippen molar-refractivity contribution in [3.8, 4) is 0 Å². The fraction of sp³-hybridized carbons (Fsp3) is 0.600. The van der Waals surface area contributed by atoms with Crippen LogP contribution in [0.3, 0.4) is 0 Å². The van der Waals surface area contributed by atoms with E-state index in [-0.39, 0.29) is 12.5 Å². The first kappa shape index (κ1) is 17.9. The van der Waals surface area contributed by atoms with Gasteiger partial charge in [-0.15, -0.1) is 0 Å². The Morgan fingerprint density at radius 1 is 1.30 bits per heavy atom. The van der Waals surface area contributed by atoms with Crippen LogP contribution in [-0.4, -0.2) is 47.5 Å². The zero-order valence-electron chi connectivity index (χ0n) is 13.5. The summed E-state index contributed by atoms with van der Waals surface area (Å²) in [5.74, 6) is 0.714. The molecule has 0 saturated carbocycles. The van der Waals surface area contributed by atoms with E-state index in [2.05, 4.69) is 15.6 Å². The van der Waals surface area contributed by atoms with Crippen molar-refractivity contribution in [3.63, 3.8) is 0 Å². The SMILES string of the molecule is CCNC(=NCc1cc(Cl)c(Cl)n1C)NCC(=O)N1CCCC1.